The summed E-state index contributed by atoms with van der Waals surface area (Å²) >= 11 is 0. The van der Waals surface area contributed by atoms with Crippen molar-refractivity contribution in [1.29, 1.82) is 0 Å². The van der Waals surface area contributed by atoms with Crippen molar-refractivity contribution in [3.05, 3.63) is 5.21 Å². The third kappa shape index (κ3) is 2.87. The summed E-state index contributed by atoms with van der Waals surface area (Å²) in [6.45, 7) is 9.00. The first-order valence-corrected chi connectivity index (χ1v) is 7.37. The zero-order valence-corrected chi connectivity index (χ0v) is 11.9. The minimum Gasteiger partial charge on any atom is -0.599 e. The lowest BCUT2D eigenvalue weighted by Crippen LogP contribution is -2.35. The van der Waals surface area contributed by atoms with Crippen molar-refractivity contribution in [2.24, 2.45) is 5.11 Å². The van der Waals surface area contributed by atoms with Crippen molar-refractivity contribution in [3.8, 4) is 0 Å². The fourth-order valence-electron chi connectivity index (χ4n) is 1.65. The average molecular weight is 264 g/mol. The summed E-state index contributed by atoms with van der Waals surface area (Å²) in [4.78, 5) is 0.485. The van der Waals surface area contributed by atoms with E-state index in [1.807, 2.05) is 0 Å². The van der Waals surface area contributed by atoms with Gasteiger partial charge >= 0.3 is 7.60 Å². The van der Waals surface area contributed by atoms with Crippen molar-refractivity contribution in [2.75, 3.05) is 6.54 Å². The number of hydrogen-bond acceptors (Lipinski definition) is 5. The zero-order chi connectivity index (χ0) is 13.3. The summed E-state index contributed by atoms with van der Waals surface area (Å²) in [5, 5.41) is 14.2. The largest absolute Gasteiger partial charge is 0.599 e. The van der Waals surface area contributed by atoms with E-state index in [-0.39, 0.29) is 12.2 Å². The Kier molecular flexibility index (Phi) is 4.33. The predicted octanol–water partition coefficient (Wildman–Crippen LogP) is 3.11. The van der Waals surface area contributed by atoms with Crippen molar-refractivity contribution in [2.45, 2.75) is 58.5 Å². The normalized spacial score (nSPS) is 25.7. The lowest BCUT2D eigenvalue weighted by Gasteiger charge is -2.31. The predicted molar refractivity (Wildman–Crippen MR) is 64.0 cm³/mol. The molecule has 0 aromatic heterocycles. The van der Waals surface area contributed by atoms with E-state index in [1.165, 1.54) is 0 Å². The summed E-state index contributed by atoms with van der Waals surface area (Å²) in [6.07, 6.45) is -0.163. The Hall–Kier alpha value is -0.450. The highest BCUT2D eigenvalue weighted by Crippen LogP contribution is 2.64. The topological polar surface area (TPSA) is 74.0 Å². The van der Waals surface area contributed by atoms with Crippen LogP contribution in [0.25, 0.3) is 0 Å². The molecule has 0 radical (unpaired) electrons. The second-order valence-corrected chi connectivity index (χ2v) is 7.29. The summed E-state index contributed by atoms with van der Waals surface area (Å²) in [5.74, 6) is 0. The van der Waals surface area contributed by atoms with Crippen LogP contribution in [-0.2, 0) is 13.6 Å². The van der Waals surface area contributed by atoms with Crippen LogP contribution in [0, 0.1) is 5.21 Å². The maximum absolute atomic E-state index is 12.8. The van der Waals surface area contributed by atoms with E-state index >= 15 is 0 Å². The van der Waals surface area contributed by atoms with Gasteiger partial charge < -0.3 is 14.3 Å². The van der Waals surface area contributed by atoms with Crippen molar-refractivity contribution >= 4 is 7.60 Å². The third-order valence-corrected chi connectivity index (χ3v) is 5.49. The molecule has 6 nitrogen and oxygen atoms in total. The van der Waals surface area contributed by atoms with Gasteiger partial charge in [0.2, 0.25) is 0 Å². The molecule has 0 aromatic rings. The van der Waals surface area contributed by atoms with Gasteiger partial charge in [0.05, 0.1) is 18.6 Å². The lowest BCUT2D eigenvalue weighted by atomic mass is 10.3. The van der Waals surface area contributed by atoms with Crippen LogP contribution in [0.3, 0.4) is 0 Å². The molecule has 100 valence electrons. The van der Waals surface area contributed by atoms with Gasteiger partial charge in [0.15, 0.2) is 0 Å². The van der Waals surface area contributed by atoms with Crippen LogP contribution in [0.4, 0.5) is 0 Å². The van der Waals surface area contributed by atoms with E-state index in [1.54, 1.807) is 34.6 Å². The maximum Gasteiger partial charge on any atom is 0.404 e. The van der Waals surface area contributed by atoms with Crippen LogP contribution in [0.2, 0.25) is 0 Å². The van der Waals surface area contributed by atoms with Gasteiger partial charge in [-0.2, -0.15) is 0 Å². The molecule has 1 aliphatic rings. The van der Waals surface area contributed by atoms with Crippen LogP contribution in [0.15, 0.2) is 5.11 Å². The van der Waals surface area contributed by atoms with Crippen molar-refractivity contribution in [3.63, 3.8) is 0 Å². The van der Waals surface area contributed by atoms with E-state index in [2.05, 4.69) is 5.11 Å². The highest BCUT2D eigenvalue weighted by atomic mass is 31.2. The molecule has 17 heavy (non-hydrogen) atoms. The van der Waals surface area contributed by atoms with Crippen molar-refractivity contribution < 1.29 is 18.5 Å². The molecule has 0 aliphatic carbocycles. The average Bonchev–Trinajstić information content (AvgIpc) is 2.45. The molecule has 1 heterocycles. The van der Waals surface area contributed by atoms with Crippen LogP contribution < -0.4 is 0 Å². The molecular weight excluding hydrogens is 243 g/mol. The minimum absolute atomic E-state index is 0.273. The molecule has 1 atom stereocenters. The lowest BCUT2D eigenvalue weighted by molar-refractivity contribution is -0.569. The first kappa shape index (κ1) is 14.6. The number of hydrogen-bond donors (Lipinski definition) is 0. The van der Waals surface area contributed by atoms with Crippen molar-refractivity contribution in [1.82, 2.24) is 0 Å². The molecule has 0 aromatic carbocycles. The molecule has 0 bridgehead atoms. The van der Waals surface area contributed by atoms with E-state index in [0.717, 1.165) is 0 Å². The Morgan fingerprint density at radius 2 is 1.76 bits per heavy atom. The SMILES string of the molecule is CC(C)OP(=O)(OC(C)C)C1(C)CCN=[N+]1[O-]. The molecule has 7 heteroatoms. The van der Waals surface area contributed by atoms with E-state index in [0.29, 0.717) is 17.8 Å². The van der Waals surface area contributed by atoms with E-state index in [4.69, 9.17) is 9.05 Å². The number of nitrogens with zero attached hydrogens (tertiary/aromatic N) is 2. The van der Waals surface area contributed by atoms with E-state index in [9.17, 15) is 9.77 Å². The summed E-state index contributed by atoms with van der Waals surface area (Å²) in [5.41, 5.74) is 0. The Morgan fingerprint density at radius 3 is 2.06 bits per heavy atom. The molecule has 0 saturated carbocycles. The smallest absolute Gasteiger partial charge is 0.404 e. The standard InChI is InChI=1S/C10H21N2O4P/c1-8(2)15-17(14,16-9(3)4)10(5)6-7-11-12(10)13/h8-9H,6-7H2,1-5H3. The van der Waals surface area contributed by atoms with Crippen LogP contribution in [0.5, 0.6) is 0 Å². The molecule has 1 aliphatic heterocycles. The van der Waals surface area contributed by atoms with Crippen LogP contribution in [0.1, 0.15) is 41.0 Å². The second kappa shape index (κ2) is 5.04. The summed E-state index contributed by atoms with van der Waals surface area (Å²) < 4.78 is 23.7. The van der Waals surface area contributed by atoms with E-state index < -0.39 is 12.9 Å². The molecule has 0 N–H and O–H groups in total. The Morgan fingerprint density at radius 1 is 1.29 bits per heavy atom. The monoisotopic (exact) mass is 264 g/mol. The fraction of sp³-hybridized carbons (Fsp3) is 1.00. The Labute approximate surface area is 102 Å². The molecule has 0 fully saturated rings. The minimum atomic E-state index is -3.53. The highest BCUT2D eigenvalue weighted by Gasteiger charge is 2.59. The summed E-state index contributed by atoms with van der Waals surface area (Å²) in [6, 6.07) is 0. The first-order chi connectivity index (χ1) is 7.71. The molecule has 0 saturated heterocycles. The molecule has 0 amide bonds. The molecule has 1 unspecified atom stereocenters. The summed E-state index contributed by atoms with van der Waals surface area (Å²) in [7, 11) is -3.53. The Bertz CT molecular complexity index is 342. The van der Waals surface area contributed by atoms with Gasteiger partial charge in [-0.25, -0.2) is 0 Å². The van der Waals surface area contributed by atoms with Gasteiger partial charge in [-0.1, -0.05) is 4.86 Å². The molecular formula is C10H21N2O4P. The Balaban J connectivity index is 3.06. The van der Waals surface area contributed by atoms with Gasteiger partial charge in [0.1, 0.15) is 6.54 Å². The second-order valence-electron chi connectivity index (χ2n) is 4.91. The van der Waals surface area contributed by atoms with Gasteiger partial charge in [0, 0.05) is 6.92 Å². The quantitative estimate of drug-likeness (QED) is 0.434. The number of hydroxylamine groups is 1. The highest BCUT2D eigenvalue weighted by molar-refractivity contribution is 7.55. The fourth-order valence-corrected chi connectivity index (χ4v) is 3.91. The first-order valence-electron chi connectivity index (χ1n) is 5.83. The van der Waals surface area contributed by atoms with Crippen LogP contribution >= 0.6 is 7.60 Å². The number of rotatable bonds is 5. The van der Waals surface area contributed by atoms with Gasteiger partial charge in [-0.15, -0.1) is 0 Å². The van der Waals surface area contributed by atoms with Gasteiger partial charge in [-0.05, 0) is 32.8 Å². The van der Waals surface area contributed by atoms with Gasteiger partial charge in [-0.3, -0.25) is 4.57 Å². The van der Waals surface area contributed by atoms with Crippen LogP contribution in [-0.4, -0.2) is 28.9 Å². The zero-order valence-electron chi connectivity index (χ0n) is 11.0. The third-order valence-electron chi connectivity index (χ3n) is 2.52. The number of azo groups is 1. The van der Waals surface area contributed by atoms with Gasteiger partial charge in [0.25, 0.3) is 5.28 Å². The maximum atomic E-state index is 12.8. The molecule has 1 rings (SSSR count). The molecule has 0 spiro atoms.